The number of hydrogen-bond donors (Lipinski definition) is 1. The number of ether oxygens (including phenoxy) is 2. The van der Waals surface area contributed by atoms with Crippen molar-refractivity contribution in [1.29, 1.82) is 0 Å². The Hall–Kier alpha value is -2.90. The molecule has 6 nitrogen and oxygen atoms in total. The van der Waals surface area contributed by atoms with Crippen molar-refractivity contribution < 1.29 is 19.1 Å². The molecule has 1 aliphatic rings. The third kappa shape index (κ3) is 5.13. The average molecular weight is 431 g/mol. The number of nitrogens with one attached hydrogen (secondary N) is 1. The molecule has 3 rings (SSSR count). The molecule has 0 saturated carbocycles. The first-order valence-electron chi connectivity index (χ1n) is 8.68. The van der Waals surface area contributed by atoms with Crippen molar-refractivity contribution in [2.45, 2.75) is 0 Å². The molecule has 1 aliphatic heterocycles. The standard InChI is InChI=1S/C21H19ClN2O4S/c1-3-10-28-17-9-4-14(11-18(17)27-2)12-19-20(25)24(21(26)29-19)13-23-16-7-5-15(22)6-8-16/h3-9,11-12,23H,1,10,13H2,2H3/b19-12-. The second-order valence-electron chi connectivity index (χ2n) is 5.96. The van der Waals surface area contributed by atoms with Gasteiger partial charge in [-0.1, -0.05) is 30.3 Å². The quantitative estimate of drug-likeness (QED) is 0.468. The largest absolute Gasteiger partial charge is 0.493 e. The van der Waals surface area contributed by atoms with Crippen LogP contribution in [0.2, 0.25) is 5.02 Å². The molecule has 0 atom stereocenters. The summed E-state index contributed by atoms with van der Waals surface area (Å²) in [6, 6.07) is 12.3. The minimum Gasteiger partial charge on any atom is -0.493 e. The van der Waals surface area contributed by atoms with Crippen LogP contribution in [0.4, 0.5) is 10.5 Å². The smallest absolute Gasteiger partial charge is 0.295 e. The number of carbonyl (C=O) groups excluding carboxylic acids is 2. The van der Waals surface area contributed by atoms with Gasteiger partial charge in [-0.15, -0.1) is 0 Å². The van der Waals surface area contributed by atoms with Crippen LogP contribution in [-0.2, 0) is 4.79 Å². The van der Waals surface area contributed by atoms with Crippen molar-refractivity contribution in [3.63, 3.8) is 0 Å². The lowest BCUT2D eigenvalue weighted by Gasteiger charge is -2.14. The topological polar surface area (TPSA) is 67.9 Å². The van der Waals surface area contributed by atoms with Gasteiger partial charge in [-0.25, -0.2) is 0 Å². The van der Waals surface area contributed by atoms with Gasteiger partial charge in [0.2, 0.25) is 0 Å². The van der Waals surface area contributed by atoms with E-state index >= 15 is 0 Å². The number of halogens is 1. The van der Waals surface area contributed by atoms with Gasteiger partial charge in [-0.2, -0.15) is 0 Å². The number of rotatable bonds is 8. The van der Waals surface area contributed by atoms with E-state index in [1.54, 1.807) is 54.6 Å². The first kappa shape index (κ1) is 20.8. The van der Waals surface area contributed by atoms with Gasteiger partial charge in [-0.3, -0.25) is 14.5 Å². The van der Waals surface area contributed by atoms with Crippen LogP contribution in [0.3, 0.4) is 0 Å². The summed E-state index contributed by atoms with van der Waals surface area (Å²) in [4.78, 5) is 26.4. The molecule has 0 radical (unpaired) electrons. The number of anilines is 1. The number of amides is 2. The van der Waals surface area contributed by atoms with E-state index in [0.29, 0.717) is 28.0 Å². The van der Waals surface area contributed by atoms with Gasteiger partial charge in [0.05, 0.1) is 18.7 Å². The highest BCUT2D eigenvalue weighted by atomic mass is 35.5. The number of nitrogens with zero attached hydrogens (tertiary/aromatic N) is 1. The van der Waals surface area contributed by atoms with Crippen LogP contribution in [0.25, 0.3) is 6.08 Å². The van der Waals surface area contributed by atoms with E-state index in [4.69, 9.17) is 21.1 Å². The highest BCUT2D eigenvalue weighted by molar-refractivity contribution is 8.18. The third-order valence-corrected chi connectivity index (χ3v) is 5.16. The van der Waals surface area contributed by atoms with Crippen molar-refractivity contribution in [2.24, 2.45) is 0 Å². The first-order chi connectivity index (χ1) is 14.0. The molecule has 2 aromatic rings. The molecule has 0 bridgehead atoms. The Labute approximate surface area is 178 Å². The van der Waals surface area contributed by atoms with E-state index in [1.165, 1.54) is 7.11 Å². The molecule has 2 aromatic carbocycles. The van der Waals surface area contributed by atoms with Crippen LogP contribution in [0.15, 0.2) is 60.0 Å². The Morgan fingerprint density at radius 2 is 1.93 bits per heavy atom. The summed E-state index contributed by atoms with van der Waals surface area (Å²) in [7, 11) is 1.54. The van der Waals surface area contributed by atoms with Gasteiger partial charge in [0.1, 0.15) is 6.61 Å². The minimum atomic E-state index is -0.354. The van der Waals surface area contributed by atoms with Crippen LogP contribution in [0, 0.1) is 0 Å². The maximum atomic E-state index is 12.6. The maximum Gasteiger partial charge on any atom is 0.295 e. The third-order valence-electron chi connectivity index (χ3n) is 4.00. The molecule has 2 amide bonds. The lowest BCUT2D eigenvalue weighted by Crippen LogP contribution is -2.33. The summed E-state index contributed by atoms with van der Waals surface area (Å²) in [5.74, 6) is 0.751. The first-order valence-corrected chi connectivity index (χ1v) is 9.88. The van der Waals surface area contributed by atoms with Gasteiger partial charge in [0, 0.05) is 10.7 Å². The highest BCUT2D eigenvalue weighted by Gasteiger charge is 2.34. The van der Waals surface area contributed by atoms with Crippen LogP contribution in [-0.4, -0.2) is 36.4 Å². The molecule has 150 valence electrons. The Balaban J connectivity index is 1.71. The Bertz CT molecular complexity index is 960. The summed E-state index contributed by atoms with van der Waals surface area (Å²) in [6.07, 6.45) is 3.30. The maximum absolute atomic E-state index is 12.6. The molecule has 1 saturated heterocycles. The average Bonchev–Trinajstić information content (AvgIpc) is 2.99. The second kappa shape index (κ2) is 9.54. The van der Waals surface area contributed by atoms with Crippen LogP contribution in [0.5, 0.6) is 11.5 Å². The summed E-state index contributed by atoms with van der Waals surface area (Å²) in [5, 5.41) is 3.32. The fraction of sp³-hybridized carbons (Fsp3) is 0.143. The van der Waals surface area contributed by atoms with Gasteiger partial charge >= 0.3 is 0 Å². The summed E-state index contributed by atoms with van der Waals surface area (Å²) >= 11 is 6.76. The molecule has 0 spiro atoms. The SMILES string of the molecule is C=CCOc1ccc(/C=C2\SC(=O)N(CNc3ccc(Cl)cc3)C2=O)cc1OC. The molecular weight excluding hydrogens is 412 g/mol. The van der Waals surface area contributed by atoms with Crippen LogP contribution < -0.4 is 14.8 Å². The van der Waals surface area contributed by atoms with Crippen molar-refractivity contribution in [2.75, 3.05) is 25.7 Å². The van der Waals surface area contributed by atoms with Crippen molar-refractivity contribution in [1.82, 2.24) is 4.90 Å². The molecule has 0 aromatic heterocycles. The summed E-state index contributed by atoms with van der Waals surface area (Å²) in [6.45, 7) is 4.04. The molecule has 1 heterocycles. The van der Waals surface area contributed by atoms with Gasteiger partial charge in [0.25, 0.3) is 11.1 Å². The van der Waals surface area contributed by atoms with Crippen molar-refractivity contribution in [3.8, 4) is 11.5 Å². The number of imide groups is 1. The van der Waals surface area contributed by atoms with Crippen LogP contribution >= 0.6 is 23.4 Å². The summed E-state index contributed by atoms with van der Waals surface area (Å²) < 4.78 is 10.9. The lowest BCUT2D eigenvalue weighted by molar-refractivity contribution is -0.122. The zero-order valence-corrected chi connectivity index (χ0v) is 17.3. The highest BCUT2D eigenvalue weighted by Crippen LogP contribution is 2.34. The monoisotopic (exact) mass is 430 g/mol. The minimum absolute atomic E-state index is 0.0707. The predicted octanol–water partition coefficient (Wildman–Crippen LogP) is 5.02. The van der Waals surface area contributed by atoms with E-state index in [9.17, 15) is 9.59 Å². The fourth-order valence-electron chi connectivity index (χ4n) is 2.57. The number of hydrogen-bond acceptors (Lipinski definition) is 6. The second-order valence-corrected chi connectivity index (χ2v) is 7.39. The lowest BCUT2D eigenvalue weighted by atomic mass is 10.2. The van der Waals surface area contributed by atoms with E-state index in [0.717, 1.165) is 27.9 Å². The number of thioether (sulfide) groups is 1. The molecule has 1 N–H and O–H groups in total. The number of methoxy groups -OCH3 is 1. The molecule has 0 unspecified atom stereocenters. The Morgan fingerprint density at radius 3 is 2.62 bits per heavy atom. The fourth-order valence-corrected chi connectivity index (χ4v) is 3.53. The van der Waals surface area contributed by atoms with E-state index in [1.807, 2.05) is 0 Å². The normalized spacial score (nSPS) is 15.0. The molecule has 29 heavy (non-hydrogen) atoms. The van der Waals surface area contributed by atoms with Gasteiger partial charge in [-0.05, 0) is 59.8 Å². The van der Waals surface area contributed by atoms with Gasteiger partial charge < -0.3 is 14.8 Å². The van der Waals surface area contributed by atoms with Crippen LogP contribution in [0.1, 0.15) is 5.56 Å². The Morgan fingerprint density at radius 1 is 1.17 bits per heavy atom. The zero-order chi connectivity index (χ0) is 20.8. The van der Waals surface area contributed by atoms with Crippen molar-refractivity contribution >= 4 is 46.3 Å². The van der Waals surface area contributed by atoms with Gasteiger partial charge in [0.15, 0.2) is 11.5 Å². The molecule has 1 fully saturated rings. The van der Waals surface area contributed by atoms with E-state index in [-0.39, 0.29) is 17.8 Å². The number of benzene rings is 2. The Kier molecular flexibility index (Phi) is 6.85. The number of carbonyl (C=O) groups is 2. The predicted molar refractivity (Wildman–Crippen MR) is 116 cm³/mol. The molecular formula is C21H19ClN2O4S. The van der Waals surface area contributed by atoms with E-state index < -0.39 is 0 Å². The molecule has 0 aliphatic carbocycles. The van der Waals surface area contributed by atoms with Crippen molar-refractivity contribution in [3.05, 3.63) is 70.6 Å². The zero-order valence-electron chi connectivity index (χ0n) is 15.7. The van der Waals surface area contributed by atoms with E-state index in [2.05, 4.69) is 11.9 Å². The molecule has 8 heteroatoms. The summed E-state index contributed by atoms with van der Waals surface area (Å²) in [5.41, 5.74) is 1.49.